The van der Waals surface area contributed by atoms with Crippen molar-refractivity contribution in [3.8, 4) is 0 Å². The summed E-state index contributed by atoms with van der Waals surface area (Å²) in [5.74, 6) is 0.729. The minimum absolute atomic E-state index is 0.0109. The normalized spacial score (nSPS) is 17.9. The first kappa shape index (κ1) is 13.1. The highest BCUT2D eigenvalue weighted by molar-refractivity contribution is 5.79. The standard InChI is InChI=1S/C13H21N3O2/c1-9-11(10(2)18-16-9)7-12(17)15-13(8-14)5-3-4-6-13/h3-8,14H2,1-2H3,(H,15,17). The van der Waals surface area contributed by atoms with Gasteiger partial charge in [-0.2, -0.15) is 0 Å². The lowest BCUT2D eigenvalue weighted by Crippen LogP contribution is -2.52. The SMILES string of the molecule is Cc1noc(C)c1CC(=O)NC1(CN)CCCC1. The topological polar surface area (TPSA) is 81.2 Å². The van der Waals surface area contributed by atoms with E-state index in [0.717, 1.165) is 42.7 Å². The molecule has 0 atom stereocenters. The molecule has 1 fully saturated rings. The quantitative estimate of drug-likeness (QED) is 0.843. The predicted molar refractivity (Wildman–Crippen MR) is 68.1 cm³/mol. The lowest BCUT2D eigenvalue weighted by atomic mass is 9.97. The Labute approximate surface area is 107 Å². The van der Waals surface area contributed by atoms with Crippen LogP contribution in [-0.4, -0.2) is 23.1 Å². The number of carbonyl (C=O) groups excluding carboxylic acids is 1. The maximum Gasteiger partial charge on any atom is 0.225 e. The Morgan fingerprint density at radius 3 is 2.61 bits per heavy atom. The Hall–Kier alpha value is -1.36. The van der Waals surface area contributed by atoms with Crippen LogP contribution < -0.4 is 11.1 Å². The predicted octanol–water partition coefficient (Wildman–Crippen LogP) is 1.22. The maximum absolute atomic E-state index is 12.1. The molecule has 1 amide bonds. The molecule has 18 heavy (non-hydrogen) atoms. The van der Waals surface area contributed by atoms with Crippen LogP contribution in [0.2, 0.25) is 0 Å². The second-order valence-electron chi connectivity index (χ2n) is 5.22. The van der Waals surface area contributed by atoms with Crippen molar-refractivity contribution >= 4 is 5.91 Å². The Kier molecular flexibility index (Phi) is 3.71. The largest absolute Gasteiger partial charge is 0.361 e. The minimum Gasteiger partial charge on any atom is -0.361 e. The van der Waals surface area contributed by atoms with Gasteiger partial charge in [0.15, 0.2) is 0 Å². The van der Waals surface area contributed by atoms with Crippen LogP contribution in [0.25, 0.3) is 0 Å². The fourth-order valence-electron chi connectivity index (χ4n) is 2.69. The van der Waals surface area contributed by atoms with Crippen LogP contribution in [0.1, 0.15) is 42.7 Å². The first-order chi connectivity index (χ1) is 8.56. The van der Waals surface area contributed by atoms with E-state index in [0.29, 0.717) is 13.0 Å². The molecule has 3 N–H and O–H groups in total. The van der Waals surface area contributed by atoms with Crippen molar-refractivity contribution in [3.05, 3.63) is 17.0 Å². The molecule has 1 aromatic rings. The third kappa shape index (κ3) is 2.56. The number of rotatable bonds is 4. The van der Waals surface area contributed by atoms with Crippen LogP contribution >= 0.6 is 0 Å². The van der Waals surface area contributed by atoms with E-state index in [4.69, 9.17) is 10.3 Å². The first-order valence-electron chi connectivity index (χ1n) is 6.49. The monoisotopic (exact) mass is 251 g/mol. The van der Waals surface area contributed by atoms with Gasteiger partial charge in [-0.25, -0.2) is 0 Å². The average molecular weight is 251 g/mol. The molecule has 5 nitrogen and oxygen atoms in total. The zero-order valence-corrected chi connectivity index (χ0v) is 11.1. The van der Waals surface area contributed by atoms with Gasteiger partial charge in [0.25, 0.3) is 0 Å². The zero-order valence-electron chi connectivity index (χ0n) is 11.1. The summed E-state index contributed by atoms with van der Waals surface area (Å²) in [6.07, 6.45) is 4.57. The van der Waals surface area contributed by atoms with E-state index in [1.807, 2.05) is 13.8 Å². The zero-order chi connectivity index (χ0) is 13.2. The second kappa shape index (κ2) is 5.10. The molecule has 1 saturated carbocycles. The first-order valence-corrected chi connectivity index (χ1v) is 6.49. The highest BCUT2D eigenvalue weighted by Gasteiger charge is 2.34. The molecule has 0 unspecified atom stereocenters. The number of hydrogen-bond acceptors (Lipinski definition) is 4. The third-order valence-electron chi connectivity index (χ3n) is 3.87. The summed E-state index contributed by atoms with van der Waals surface area (Å²) < 4.78 is 5.06. The number of amides is 1. The fraction of sp³-hybridized carbons (Fsp3) is 0.692. The Bertz CT molecular complexity index is 414. The molecule has 0 radical (unpaired) electrons. The van der Waals surface area contributed by atoms with Crippen LogP contribution in [0.15, 0.2) is 4.52 Å². The fourth-order valence-corrected chi connectivity index (χ4v) is 2.69. The van der Waals surface area contributed by atoms with Crippen molar-refractivity contribution in [2.45, 2.75) is 51.5 Å². The Morgan fingerprint density at radius 1 is 1.44 bits per heavy atom. The number of nitrogens with one attached hydrogen (secondary N) is 1. The molecule has 1 heterocycles. The van der Waals surface area contributed by atoms with Gasteiger partial charge in [-0.05, 0) is 26.7 Å². The highest BCUT2D eigenvalue weighted by atomic mass is 16.5. The molecule has 2 rings (SSSR count). The van der Waals surface area contributed by atoms with E-state index >= 15 is 0 Å². The van der Waals surface area contributed by atoms with Crippen molar-refractivity contribution in [3.63, 3.8) is 0 Å². The van der Waals surface area contributed by atoms with Gasteiger partial charge in [0.05, 0.1) is 17.7 Å². The lowest BCUT2D eigenvalue weighted by molar-refractivity contribution is -0.122. The van der Waals surface area contributed by atoms with E-state index < -0.39 is 0 Å². The van der Waals surface area contributed by atoms with Gasteiger partial charge in [0.2, 0.25) is 5.91 Å². The molecule has 0 aliphatic heterocycles. The molecule has 1 aliphatic carbocycles. The summed E-state index contributed by atoms with van der Waals surface area (Å²) >= 11 is 0. The number of carbonyl (C=O) groups is 1. The van der Waals surface area contributed by atoms with Crippen LogP contribution in [0, 0.1) is 13.8 Å². The van der Waals surface area contributed by atoms with Gasteiger partial charge in [-0.1, -0.05) is 18.0 Å². The second-order valence-corrected chi connectivity index (χ2v) is 5.22. The molecule has 100 valence electrons. The van der Waals surface area contributed by atoms with Gasteiger partial charge < -0.3 is 15.6 Å². The van der Waals surface area contributed by atoms with E-state index in [1.54, 1.807) is 0 Å². The highest BCUT2D eigenvalue weighted by Crippen LogP contribution is 2.28. The maximum atomic E-state index is 12.1. The van der Waals surface area contributed by atoms with Gasteiger partial charge >= 0.3 is 0 Å². The molecule has 0 spiro atoms. The molecule has 0 aromatic carbocycles. The van der Waals surface area contributed by atoms with Gasteiger partial charge in [0, 0.05) is 12.1 Å². The van der Waals surface area contributed by atoms with Crippen LogP contribution in [0.4, 0.5) is 0 Å². The molecule has 5 heteroatoms. The minimum atomic E-state index is -0.184. The van der Waals surface area contributed by atoms with E-state index in [9.17, 15) is 4.79 Å². The van der Waals surface area contributed by atoms with Crippen LogP contribution in [-0.2, 0) is 11.2 Å². The molecular weight excluding hydrogens is 230 g/mol. The van der Waals surface area contributed by atoms with Crippen LogP contribution in [0.3, 0.4) is 0 Å². The van der Waals surface area contributed by atoms with Crippen molar-refractivity contribution in [1.82, 2.24) is 10.5 Å². The van der Waals surface area contributed by atoms with Gasteiger partial charge in [0.1, 0.15) is 5.76 Å². The third-order valence-corrected chi connectivity index (χ3v) is 3.87. The van der Waals surface area contributed by atoms with E-state index in [-0.39, 0.29) is 11.4 Å². The molecule has 1 aliphatic rings. The van der Waals surface area contributed by atoms with Crippen molar-refractivity contribution < 1.29 is 9.32 Å². The van der Waals surface area contributed by atoms with Crippen LogP contribution in [0.5, 0.6) is 0 Å². The summed E-state index contributed by atoms with van der Waals surface area (Å²) in [4.78, 5) is 12.1. The summed E-state index contributed by atoms with van der Waals surface area (Å²) in [5.41, 5.74) is 7.29. The number of hydrogen-bond donors (Lipinski definition) is 2. The van der Waals surface area contributed by atoms with Crippen molar-refractivity contribution in [2.75, 3.05) is 6.54 Å². The number of aryl methyl sites for hydroxylation is 2. The molecule has 0 bridgehead atoms. The Morgan fingerprint density at radius 2 is 2.11 bits per heavy atom. The summed E-state index contributed by atoms with van der Waals surface area (Å²) in [6.45, 7) is 4.20. The number of aromatic nitrogens is 1. The number of nitrogens with zero attached hydrogens (tertiary/aromatic N) is 1. The summed E-state index contributed by atoms with van der Waals surface area (Å²) in [7, 11) is 0. The summed E-state index contributed by atoms with van der Waals surface area (Å²) in [6, 6.07) is 0. The lowest BCUT2D eigenvalue weighted by Gasteiger charge is -2.28. The smallest absolute Gasteiger partial charge is 0.225 e. The van der Waals surface area contributed by atoms with Gasteiger partial charge in [-0.3, -0.25) is 4.79 Å². The van der Waals surface area contributed by atoms with E-state index in [2.05, 4.69) is 10.5 Å². The van der Waals surface area contributed by atoms with Crippen molar-refractivity contribution in [1.29, 1.82) is 0 Å². The van der Waals surface area contributed by atoms with E-state index in [1.165, 1.54) is 0 Å². The number of nitrogens with two attached hydrogens (primary N) is 1. The van der Waals surface area contributed by atoms with Crippen molar-refractivity contribution in [2.24, 2.45) is 5.73 Å². The Balaban J connectivity index is 2.00. The summed E-state index contributed by atoms with van der Waals surface area (Å²) in [5, 5.41) is 6.96. The molecule has 0 saturated heterocycles. The molecule has 1 aromatic heterocycles. The average Bonchev–Trinajstić information content (AvgIpc) is 2.92. The van der Waals surface area contributed by atoms with Gasteiger partial charge in [-0.15, -0.1) is 0 Å². The molecular formula is C13H21N3O2.